The van der Waals surface area contributed by atoms with E-state index in [1.165, 1.54) is 38.5 Å². The van der Waals surface area contributed by atoms with Crippen LogP contribution in [0.3, 0.4) is 0 Å². The van der Waals surface area contributed by atoms with Gasteiger partial charge in [0.1, 0.15) is 6.04 Å². The number of nitriles is 1. The van der Waals surface area contributed by atoms with E-state index in [9.17, 15) is 5.26 Å². The molecule has 0 spiro atoms. The van der Waals surface area contributed by atoms with E-state index >= 15 is 0 Å². The van der Waals surface area contributed by atoms with Crippen LogP contribution in [0.15, 0.2) is 0 Å². The van der Waals surface area contributed by atoms with Gasteiger partial charge in [-0.25, -0.2) is 0 Å². The highest BCUT2D eigenvalue weighted by atomic mass is 15.1. The molecule has 16 heavy (non-hydrogen) atoms. The molecule has 4 aliphatic carbocycles. The Morgan fingerprint density at radius 1 is 1.06 bits per heavy atom. The second kappa shape index (κ2) is 3.47. The molecule has 0 saturated heterocycles. The van der Waals surface area contributed by atoms with Crippen molar-refractivity contribution in [2.24, 2.45) is 23.2 Å². The van der Waals surface area contributed by atoms with E-state index in [0.29, 0.717) is 5.41 Å². The lowest BCUT2D eigenvalue weighted by Crippen LogP contribution is -2.55. The Kier molecular flexibility index (Phi) is 2.30. The van der Waals surface area contributed by atoms with Crippen LogP contribution in [0.5, 0.6) is 0 Å². The summed E-state index contributed by atoms with van der Waals surface area (Å²) in [5.74, 6) is 2.84. The molecular weight excluding hydrogens is 196 g/mol. The lowest BCUT2D eigenvalue weighted by molar-refractivity contribution is -0.0799. The summed E-state index contributed by atoms with van der Waals surface area (Å²) in [4.78, 5) is 2.16. The zero-order valence-corrected chi connectivity index (χ0v) is 10.4. The van der Waals surface area contributed by atoms with Crippen molar-refractivity contribution < 1.29 is 0 Å². The first-order valence-electron chi connectivity index (χ1n) is 6.69. The highest BCUT2D eigenvalue weighted by Gasteiger charge is 2.54. The highest BCUT2D eigenvalue weighted by Crippen LogP contribution is 2.61. The Morgan fingerprint density at radius 3 is 1.81 bits per heavy atom. The van der Waals surface area contributed by atoms with Crippen molar-refractivity contribution in [2.45, 2.75) is 44.6 Å². The van der Waals surface area contributed by atoms with E-state index in [-0.39, 0.29) is 6.04 Å². The lowest BCUT2D eigenvalue weighted by Gasteiger charge is -2.59. The van der Waals surface area contributed by atoms with Gasteiger partial charge < -0.3 is 0 Å². The maximum atomic E-state index is 9.46. The fourth-order valence-electron chi connectivity index (χ4n) is 5.31. The minimum atomic E-state index is 0.154. The maximum absolute atomic E-state index is 9.46. The molecule has 88 valence electrons. The van der Waals surface area contributed by atoms with Crippen molar-refractivity contribution in [3.8, 4) is 6.07 Å². The van der Waals surface area contributed by atoms with Crippen molar-refractivity contribution in [2.75, 3.05) is 14.1 Å². The summed E-state index contributed by atoms with van der Waals surface area (Å²) in [7, 11) is 4.15. The highest BCUT2D eigenvalue weighted by molar-refractivity contribution is 5.12. The Balaban J connectivity index is 1.91. The first-order chi connectivity index (χ1) is 7.63. The lowest BCUT2D eigenvalue weighted by atomic mass is 9.47. The van der Waals surface area contributed by atoms with Crippen molar-refractivity contribution >= 4 is 0 Å². The number of nitrogens with zero attached hydrogens (tertiary/aromatic N) is 2. The zero-order valence-electron chi connectivity index (χ0n) is 10.4. The molecule has 0 aromatic carbocycles. The summed E-state index contributed by atoms with van der Waals surface area (Å²) < 4.78 is 0. The van der Waals surface area contributed by atoms with Gasteiger partial charge in [0.25, 0.3) is 0 Å². The van der Waals surface area contributed by atoms with Gasteiger partial charge >= 0.3 is 0 Å². The smallest absolute Gasteiger partial charge is 0.103 e. The van der Waals surface area contributed by atoms with Crippen LogP contribution in [-0.4, -0.2) is 25.0 Å². The minimum Gasteiger partial charge on any atom is -0.294 e. The van der Waals surface area contributed by atoms with Gasteiger partial charge in [-0.15, -0.1) is 0 Å². The van der Waals surface area contributed by atoms with E-state index in [1.807, 2.05) is 0 Å². The van der Waals surface area contributed by atoms with Crippen LogP contribution in [-0.2, 0) is 0 Å². The summed E-state index contributed by atoms with van der Waals surface area (Å²) in [6, 6.07) is 2.74. The molecule has 4 saturated carbocycles. The third-order valence-corrected chi connectivity index (χ3v) is 5.30. The molecule has 0 radical (unpaired) electrons. The average Bonchev–Trinajstić information content (AvgIpc) is 2.14. The molecule has 4 bridgehead atoms. The first-order valence-corrected chi connectivity index (χ1v) is 6.69. The molecule has 2 nitrogen and oxygen atoms in total. The molecular formula is C14H22N2. The fourth-order valence-corrected chi connectivity index (χ4v) is 5.31. The Labute approximate surface area is 98.6 Å². The Bertz CT molecular complexity index is 291. The largest absolute Gasteiger partial charge is 0.294 e. The van der Waals surface area contributed by atoms with E-state index in [1.54, 1.807) is 0 Å². The third-order valence-electron chi connectivity index (χ3n) is 5.30. The molecule has 0 aromatic heterocycles. The van der Waals surface area contributed by atoms with E-state index in [4.69, 9.17) is 0 Å². The maximum Gasteiger partial charge on any atom is 0.103 e. The summed E-state index contributed by atoms with van der Waals surface area (Å²) in [5.41, 5.74) is 0.354. The van der Waals surface area contributed by atoms with Crippen molar-refractivity contribution in [1.29, 1.82) is 5.26 Å². The first kappa shape index (κ1) is 10.6. The van der Waals surface area contributed by atoms with Crippen molar-refractivity contribution in [1.82, 2.24) is 4.90 Å². The molecule has 2 heteroatoms. The average molecular weight is 218 g/mol. The van der Waals surface area contributed by atoms with Crippen LogP contribution < -0.4 is 0 Å². The van der Waals surface area contributed by atoms with Gasteiger partial charge in [-0.1, -0.05) is 0 Å². The summed E-state index contributed by atoms with van der Waals surface area (Å²) in [5, 5.41) is 9.46. The van der Waals surface area contributed by atoms with Crippen LogP contribution >= 0.6 is 0 Å². The van der Waals surface area contributed by atoms with Gasteiger partial charge in [0.2, 0.25) is 0 Å². The molecule has 1 unspecified atom stereocenters. The fraction of sp³-hybridized carbons (Fsp3) is 0.929. The minimum absolute atomic E-state index is 0.154. The predicted octanol–water partition coefficient (Wildman–Crippen LogP) is 2.66. The second-order valence-corrected chi connectivity index (χ2v) is 6.78. The second-order valence-electron chi connectivity index (χ2n) is 6.78. The van der Waals surface area contributed by atoms with E-state index in [0.717, 1.165) is 17.8 Å². The molecule has 0 heterocycles. The Hall–Kier alpha value is -0.550. The van der Waals surface area contributed by atoms with Crippen LogP contribution in [0.4, 0.5) is 0 Å². The predicted molar refractivity (Wildman–Crippen MR) is 63.7 cm³/mol. The van der Waals surface area contributed by atoms with Gasteiger partial charge in [0, 0.05) is 5.41 Å². The van der Waals surface area contributed by atoms with Crippen LogP contribution in [0.2, 0.25) is 0 Å². The summed E-state index contributed by atoms with van der Waals surface area (Å²) >= 11 is 0. The monoisotopic (exact) mass is 218 g/mol. The quantitative estimate of drug-likeness (QED) is 0.712. The van der Waals surface area contributed by atoms with Crippen molar-refractivity contribution in [3.05, 3.63) is 0 Å². The number of hydrogen-bond donors (Lipinski definition) is 0. The van der Waals surface area contributed by atoms with Crippen LogP contribution in [0.1, 0.15) is 38.5 Å². The summed E-state index contributed by atoms with van der Waals surface area (Å²) in [6.07, 6.45) is 8.38. The number of rotatable bonds is 2. The van der Waals surface area contributed by atoms with Gasteiger partial charge in [0.05, 0.1) is 6.07 Å². The molecule has 0 aliphatic heterocycles. The zero-order chi connectivity index (χ0) is 11.3. The molecule has 0 amide bonds. The Morgan fingerprint density at radius 2 is 1.50 bits per heavy atom. The van der Waals surface area contributed by atoms with Crippen molar-refractivity contribution in [3.63, 3.8) is 0 Å². The van der Waals surface area contributed by atoms with Gasteiger partial charge in [-0.2, -0.15) is 5.26 Å². The summed E-state index contributed by atoms with van der Waals surface area (Å²) in [6.45, 7) is 0. The number of hydrogen-bond acceptors (Lipinski definition) is 2. The normalized spacial score (nSPS) is 47.0. The van der Waals surface area contributed by atoms with Crippen LogP contribution in [0, 0.1) is 34.5 Å². The molecule has 1 atom stereocenters. The molecule has 4 fully saturated rings. The topological polar surface area (TPSA) is 27.0 Å². The van der Waals surface area contributed by atoms with Gasteiger partial charge in [0.15, 0.2) is 0 Å². The molecule has 0 aromatic rings. The third kappa shape index (κ3) is 1.41. The molecule has 4 aliphatic rings. The van der Waals surface area contributed by atoms with Crippen LogP contribution in [0.25, 0.3) is 0 Å². The molecule has 0 N–H and O–H groups in total. The SMILES string of the molecule is CN(C)C(C#N)C12CC3CC(CC(C3)C1)C2. The molecule has 4 rings (SSSR count). The van der Waals surface area contributed by atoms with Gasteiger partial charge in [-0.05, 0) is 70.4 Å². The standard InChI is InChI=1S/C14H22N2/c1-16(2)13(9-15)14-6-10-3-11(7-14)5-12(4-10)8-14/h10-13H,3-8H2,1-2H3. The van der Waals surface area contributed by atoms with Gasteiger partial charge in [-0.3, -0.25) is 4.90 Å². The van der Waals surface area contributed by atoms with E-state index < -0.39 is 0 Å². The van der Waals surface area contributed by atoms with E-state index in [2.05, 4.69) is 25.1 Å².